The van der Waals surface area contributed by atoms with Gasteiger partial charge in [-0.3, -0.25) is 9.89 Å². The van der Waals surface area contributed by atoms with Gasteiger partial charge >= 0.3 is 0 Å². The molecule has 3 rings (SSSR count). The number of H-pyrrole nitrogens is 1. The fourth-order valence-electron chi connectivity index (χ4n) is 2.34. The molecule has 2 N–H and O–H groups in total. The van der Waals surface area contributed by atoms with Crippen molar-refractivity contribution in [3.63, 3.8) is 0 Å². The number of ether oxygens (including phenoxy) is 1. The van der Waals surface area contributed by atoms with Crippen molar-refractivity contribution >= 4 is 17.5 Å². The molecule has 0 saturated heterocycles. The van der Waals surface area contributed by atoms with Crippen molar-refractivity contribution < 1.29 is 9.53 Å². The molecule has 0 spiro atoms. The molecule has 1 aliphatic carbocycles. The number of aryl methyl sites for hydroxylation is 1. The maximum atomic E-state index is 12.1. The third-order valence-electron chi connectivity index (χ3n) is 3.89. The molecule has 0 radical (unpaired) electrons. The first-order valence-electron chi connectivity index (χ1n) is 8.23. The summed E-state index contributed by atoms with van der Waals surface area (Å²) in [6.07, 6.45) is 3.34. The first-order chi connectivity index (χ1) is 11.6. The van der Waals surface area contributed by atoms with E-state index in [2.05, 4.69) is 20.5 Å². The first-order valence-corrected chi connectivity index (χ1v) is 8.61. The van der Waals surface area contributed by atoms with Gasteiger partial charge in [0.05, 0.1) is 5.02 Å². The normalized spacial score (nSPS) is 15.1. The monoisotopic (exact) mass is 348 g/mol. The van der Waals surface area contributed by atoms with E-state index in [0.29, 0.717) is 23.2 Å². The number of aromatic nitrogens is 3. The molecule has 2 aromatic rings. The molecule has 1 aromatic heterocycles. The Hall–Kier alpha value is -2.08. The number of nitrogens with zero attached hydrogens (tertiary/aromatic N) is 2. The lowest BCUT2D eigenvalue weighted by Gasteiger charge is -2.15. The van der Waals surface area contributed by atoms with Gasteiger partial charge in [0.1, 0.15) is 11.6 Å². The van der Waals surface area contributed by atoms with E-state index in [0.717, 1.165) is 24.5 Å². The van der Waals surface area contributed by atoms with Crippen LogP contribution in [0.3, 0.4) is 0 Å². The number of halogens is 1. The van der Waals surface area contributed by atoms with Gasteiger partial charge in [-0.1, -0.05) is 23.7 Å². The Labute approximate surface area is 146 Å². The predicted molar refractivity (Wildman–Crippen MR) is 91.2 cm³/mol. The Bertz CT molecular complexity index is 699. The summed E-state index contributed by atoms with van der Waals surface area (Å²) >= 11 is 6.02. The topological polar surface area (TPSA) is 79.9 Å². The average molecular weight is 349 g/mol. The Morgan fingerprint density at radius 1 is 1.46 bits per heavy atom. The molecule has 1 aromatic carbocycles. The molecule has 6 nitrogen and oxygen atoms in total. The van der Waals surface area contributed by atoms with Gasteiger partial charge in [0.25, 0.3) is 5.91 Å². The minimum atomic E-state index is -0.600. The van der Waals surface area contributed by atoms with E-state index in [1.165, 1.54) is 12.8 Å². The van der Waals surface area contributed by atoms with Gasteiger partial charge in [0, 0.05) is 18.9 Å². The van der Waals surface area contributed by atoms with Gasteiger partial charge < -0.3 is 10.1 Å². The fourth-order valence-corrected chi connectivity index (χ4v) is 2.52. The maximum absolute atomic E-state index is 12.1. The molecule has 0 unspecified atom stereocenters. The van der Waals surface area contributed by atoms with Gasteiger partial charge in [-0.2, -0.15) is 5.10 Å². The van der Waals surface area contributed by atoms with Crippen molar-refractivity contribution in [2.75, 3.05) is 6.54 Å². The Kier molecular flexibility index (Phi) is 5.35. The lowest BCUT2D eigenvalue weighted by molar-refractivity contribution is -0.127. The van der Waals surface area contributed by atoms with Crippen LogP contribution in [0.25, 0.3) is 0 Å². The Morgan fingerprint density at radius 2 is 2.25 bits per heavy atom. The molecule has 0 bridgehead atoms. The smallest absolute Gasteiger partial charge is 0.260 e. The van der Waals surface area contributed by atoms with Crippen LogP contribution in [-0.2, 0) is 11.2 Å². The zero-order valence-electron chi connectivity index (χ0n) is 13.6. The van der Waals surface area contributed by atoms with E-state index in [9.17, 15) is 4.79 Å². The fraction of sp³-hybridized carbons (Fsp3) is 0.471. The zero-order chi connectivity index (χ0) is 16.9. The summed E-state index contributed by atoms with van der Waals surface area (Å²) in [7, 11) is 0. The molecule has 1 fully saturated rings. The van der Waals surface area contributed by atoms with Crippen molar-refractivity contribution in [3.05, 3.63) is 40.9 Å². The molecule has 1 heterocycles. The summed E-state index contributed by atoms with van der Waals surface area (Å²) in [4.78, 5) is 16.5. The molecule has 1 aliphatic rings. The van der Waals surface area contributed by atoms with Gasteiger partial charge in [-0.15, -0.1) is 0 Å². The van der Waals surface area contributed by atoms with E-state index < -0.39 is 6.10 Å². The highest BCUT2D eigenvalue weighted by Gasteiger charge is 2.27. The van der Waals surface area contributed by atoms with Gasteiger partial charge in [0.2, 0.25) is 0 Å². The van der Waals surface area contributed by atoms with Crippen LogP contribution in [0.5, 0.6) is 5.75 Å². The van der Waals surface area contributed by atoms with Crippen molar-refractivity contribution in [3.8, 4) is 5.75 Å². The highest BCUT2D eigenvalue weighted by atomic mass is 35.5. The number of carbonyl (C=O) groups excluding carboxylic acids is 1. The van der Waals surface area contributed by atoms with E-state index in [1.54, 1.807) is 19.1 Å². The number of rotatable bonds is 8. The Balaban J connectivity index is 1.37. The minimum Gasteiger partial charge on any atom is -0.479 e. The number of aromatic amines is 1. The second-order valence-electron chi connectivity index (χ2n) is 6.00. The molecule has 24 heavy (non-hydrogen) atoms. The molecular weight excluding hydrogens is 328 g/mol. The summed E-state index contributed by atoms with van der Waals surface area (Å²) in [5.41, 5.74) is 0. The highest BCUT2D eigenvalue weighted by Crippen LogP contribution is 2.37. The van der Waals surface area contributed by atoms with Crippen molar-refractivity contribution in [1.29, 1.82) is 0 Å². The van der Waals surface area contributed by atoms with Crippen LogP contribution in [0.15, 0.2) is 24.3 Å². The van der Waals surface area contributed by atoms with Crippen LogP contribution in [-0.4, -0.2) is 33.7 Å². The number of carbonyl (C=O) groups is 1. The van der Waals surface area contributed by atoms with E-state index in [4.69, 9.17) is 16.3 Å². The largest absolute Gasteiger partial charge is 0.479 e. The molecular formula is C17H21ClN4O2. The van der Waals surface area contributed by atoms with E-state index in [-0.39, 0.29) is 5.91 Å². The van der Waals surface area contributed by atoms with Crippen LogP contribution in [0.4, 0.5) is 0 Å². The van der Waals surface area contributed by atoms with Crippen LogP contribution in [0, 0.1) is 0 Å². The van der Waals surface area contributed by atoms with Crippen LogP contribution in [0.1, 0.15) is 43.8 Å². The average Bonchev–Trinajstić information content (AvgIpc) is 3.32. The lowest BCUT2D eigenvalue weighted by Crippen LogP contribution is -2.37. The summed E-state index contributed by atoms with van der Waals surface area (Å²) in [6, 6.07) is 7.11. The highest BCUT2D eigenvalue weighted by molar-refractivity contribution is 6.32. The molecule has 0 aliphatic heterocycles. The van der Waals surface area contributed by atoms with E-state index in [1.807, 2.05) is 12.1 Å². The quantitative estimate of drug-likeness (QED) is 0.719. The summed E-state index contributed by atoms with van der Waals surface area (Å²) in [6.45, 7) is 2.27. The number of hydrogen-bond acceptors (Lipinski definition) is 4. The minimum absolute atomic E-state index is 0.161. The van der Waals surface area contributed by atoms with Crippen molar-refractivity contribution in [1.82, 2.24) is 20.5 Å². The third-order valence-corrected chi connectivity index (χ3v) is 4.20. The van der Waals surface area contributed by atoms with Crippen molar-refractivity contribution in [2.45, 2.75) is 44.6 Å². The number of hydrogen-bond donors (Lipinski definition) is 2. The number of amides is 1. The molecule has 1 atom stereocenters. The standard InChI is InChI=1S/C17H21ClN4O2/c1-11(24-14-6-3-2-5-13(14)18)17(23)19-10-4-7-15-20-16(22-21-15)12-8-9-12/h2-3,5-6,11-12H,4,7-10H2,1H3,(H,19,23)(H,20,21,22)/t11-/m0/s1. The van der Waals surface area contributed by atoms with Gasteiger partial charge in [-0.05, 0) is 38.3 Å². The van der Waals surface area contributed by atoms with E-state index >= 15 is 0 Å². The number of nitrogens with one attached hydrogen (secondary N) is 2. The predicted octanol–water partition coefficient (Wildman–Crippen LogP) is 2.85. The first kappa shape index (κ1) is 16.8. The van der Waals surface area contributed by atoms with Crippen LogP contribution < -0.4 is 10.1 Å². The lowest BCUT2D eigenvalue weighted by atomic mass is 10.3. The molecule has 1 saturated carbocycles. The molecule has 7 heteroatoms. The Morgan fingerprint density at radius 3 is 3.00 bits per heavy atom. The van der Waals surface area contributed by atoms with Crippen LogP contribution >= 0.6 is 11.6 Å². The summed E-state index contributed by atoms with van der Waals surface area (Å²) in [5.74, 6) is 2.71. The molecule has 128 valence electrons. The number of para-hydroxylation sites is 1. The van der Waals surface area contributed by atoms with Crippen molar-refractivity contribution in [2.24, 2.45) is 0 Å². The van der Waals surface area contributed by atoms with Crippen LogP contribution in [0.2, 0.25) is 5.02 Å². The SMILES string of the molecule is C[C@H](Oc1ccccc1Cl)C(=O)NCCCc1nc(C2CC2)n[nH]1. The second kappa shape index (κ2) is 7.66. The van der Waals surface area contributed by atoms with Gasteiger partial charge in [0.15, 0.2) is 11.9 Å². The molecule has 1 amide bonds. The second-order valence-corrected chi connectivity index (χ2v) is 6.41. The summed E-state index contributed by atoms with van der Waals surface area (Å²) < 4.78 is 5.59. The third kappa shape index (κ3) is 4.47. The summed E-state index contributed by atoms with van der Waals surface area (Å²) in [5, 5.41) is 10.5. The number of benzene rings is 1. The van der Waals surface area contributed by atoms with Gasteiger partial charge in [-0.25, -0.2) is 4.98 Å². The zero-order valence-corrected chi connectivity index (χ0v) is 14.3. The maximum Gasteiger partial charge on any atom is 0.260 e.